The summed E-state index contributed by atoms with van der Waals surface area (Å²) in [4.78, 5) is 10.2. The molecule has 0 aliphatic carbocycles. The van der Waals surface area contributed by atoms with Crippen LogP contribution in [0.5, 0.6) is 0 Å². The highest BCUT2D eigenvalue weighted by atomic mass is 19.1. The molecule has 0 aromatic carbocycles. The van der Waals surface area contributed by atoms with E-state index in [1.165, 1.54) is 14.0 Å². The zero-order valence-corrected chi connectivity index (χ0v) is 4.86. The highest BCUT2D eigenvalue weighted by Crippen LogP contribution is 1.92. The van der Waals surface area contributed by atoms with Crippen LogP contribution >= 0.6 is 0 Å². The van der Waals surface area contributed by atoms with Crippen LogP contribution in [0, 0.1) is 0 Å². The summed E-state index contributed by atoms with van der Waals surface area (Å²) in [5, 5.41) is 2.13. The number of rotatable bonds is 1. The van der Waals surface area contributed by atoms with E-state index in [-0.39, 0.29) is 0 Å². The zero-order chi connectivity index (χ0) is 6.57. The van der Waals surface area contributed by atoms with Crippen LogP contribution in [0.1, 0.15) is 6.92 Å². The van der Waals surface area contributed by atoms with Crippen molar-refractivity contribution in [2.75, 3.05) is 7.05 Å². The maximum atomic E-state index is 12.0. The second-order valence-corrected chi connectivity index (χ2v) is 1.22. The molecule has 0 aliphatic heterocycles. The summed E-state index contributed by atoms with van der Waals surface area (Å²) < 4.78 is 12.0. The molecule has 0 spiro atoms. The van der Waals surface area contributed by atoms with Gasteiger partial charge in [0.25, 0.3) is 5.91 Å². The van der Waals surface area contributed by atoms with Crippen molar-refractivity contribution in [3.8, 4) is 0 Å². The summed E-state index contributed by atoms with van der Waals surface area (Å²) in [5.74, 6) is -1.42. The lowest BCUT2D eigenvalue weighted by atomic mass is 10.5. The normalized spacial score (nSPS) is 11.1. The summed E-state index contributed by atoms with van der Waals surface area (Å²) in [6.07, 6.45) is 1.11. The Labute approximate surface area is 47.4 Å². The van der Waals surface area contributed by atoms with Gasteiger partial charge in [0.05, 0.1) is 0 Å². The van der Waals surface area contributed by atoms with E-state index < -0.39 is 11.7 Å². The number of amides is 1. The molecule has 0 aromatic heterocycles. The van der Waals surface area contributed by atoms with Crippen LogP contribution in [0.4, 0.5) is 4.39 Å². The third-order valence-electron chi connectivity index (χ3n) is 0.697. The first-order chi connectivity index (χ1) is 3.72. The Hall–Kier alpha value is -0.860. The fourth-order valence-electron chi connectivity index (χ4n) is 0.251. The molecule has 2 nitrogen and oxygen atoms in total. The molecule has 0 rings (SSSR count). The van der Waals surface area contributed by atoms with E-state index in [1.54, 1.807) is 0 Å². The van der Waals surface area contributed by atoms with Gasteiger partial charge in [-0.05, 0) is 13.0 Å². The van der Waals surface area contributed by atoms with Crippen LogP contribution < -0.4 is 5.32 Å². The van der Waals surface area contributed by atoms with E-state index in [4.69, 9.17) is 0 Å². The molecule has 0 radical (unpaired) electrons. The number of allylic oxidation sites excluding steroid dienone is 1. The molecule has 0 saturated heterocycles. The van der Waals surface area contributed by atoms with Crippen LogP contribution in [0.25, 0.3) is 0 Å². The molecule has 0 aliphatic rings. The van der Waals surface area contributed by atoms with Crippen molar-refractivity contribution in [1.82, 2.24) is 5.32 Å². The van der Waals surface area contributed by atoms with E-state index in [0.29, 0.717) is 0 Å². The smallest absolute Gasteiger partial charge is 0.279 e. The predicted octanol–water partition coefficient (Wildman–Crippen LogP) is 0.606. The largest absolute Gasteiger partial charge is 0.353 e. The van der Waals surface area contributed by atoms with Crippen LogP contribution in [0.3, 0.4) is 0 Å². The van der Waals surface area contributed by atoms with Gasteiger partial charge in [-0.15, -0.1) is 0 Å². The third kappa shape index (κ3) is 1.73. The van der Waals surface area contributed by atoms with E-state index in [1.807, 2.05) is 0 Å². The van der Waals surface area contributed by atoms with Crippen LogP contribution in [0.15, 0.2) is 11.9 Å². The quantitative estimate of drug-likeness (QED) is 0.501. The molecule has 0 saturated carbocycles. The highest BCUT2D eigenvalue weighted by Gasteiger charge is 2.00. The molecule has 0 aromatic rings. The maximum absolute atomic E-state index is 12.0. The molecule has 0 unspecified atom stereocenters. The first-order valence-electron chi connectivity index (χ1n) is 2.26. The van der Waals surface area contributed by atoms with Crippen molar-refractivity contribution in [2.45, 2.75) is 6.92 Å². The number of carbonyl (C=O) groups excluding carboxylic acids is 1. The van der Waals surface area contributed by atoms with Crippen LogP contribution in [0.2, 0.25) is 0 Å². The van der Waals surface area contributed by atoms with Gasteiger partial charge in [0.2, 0.25) is 0 Å². The van der Waals surface area contributed by atoms with E-state index in [0.717, 1.165) is 6.08 Å². The van der Waals surface area contributed by atoms with Crippen molar-refractivity contribution >= 4 is 5.91 Å². The Morgan fingerprint density at radius 2 is 2.25 bits per heavy atom. The van der Waals surface area contributed by atoms with Gasteiger partial charge in [-0.25, -0.2) is 4.39 Å². The lowest BCUT2D eigenvalue weighted by molar-refractivity contribution is -0.118. The van der Waals surface area contributed by atoms with Gasteiger partial charge in [-0.1, -0.05) is 0 Å². The van der Waals surface area contributed by atoms with Gasteiger partial charge in [0.15, 0.2) is 5.83 Å². The summed E-state index contributed by atoms with van der Waals surface area (Å²) in [7, 11) is 1.38. The van der Waals surface area contributed by atoms with Crippen molar-refractivity contribution < 1.29 is 9.18 Å². The zero-order valence-electron chi connectivity index (χ0n) is 4.86. The summed E-state index contributed by atoms with van der Waals surface area (Å²) in [6.45, 7) is 1.46. The van der Waals surface area contributed by atoms with E-state index in [2.05, 4.69) is 5.32 Å². The number of halogens is 1. The summed E-state index contributed by atoms with van der Waals surface area (Å²) in [6, 6.07) is 0. The molecule has 0 heterocycles. The third-order valence-corrected chi connectivity index (χ3v) is 0.697. The molecule has 0 fully saturated rings. The van der Waals surface area contributed by atoms with Crippen LogP contribution in [-0.2, 0) is 4.79 Å². The topological polar surface area (TPSA) is 29.1 Å². The Morgan fingerprint density at radius 1 is 1.75 bits per heavy atom. The molecule has 1 amide bonds. The fourth-order valence-corrected chi connectivity index (χ4v) is 0.251. The van der Waals surface area contributed by atoms with Crippen LogP contribution in [-0.4, -0.2) is 13.0 Å². The van der Waals surface area contributed by atoms with Crippen molar-refractivity contribution in [1.29, 1.82) is 0 Å². The monoisotopic (exact) mass is 117 g/mol. The maximum Gasteiger partial charge on any atom is 0.279 e. The predicted molar refractivity (Wildman–Crippen MR) is 28.9 cm³/mol. The Kier molecular flexibility index (Phi) is 2.84. The SMILES string of the molecule is CC=C(F)C(=O)NC. The average Bonchev–Trinajstić information content (AvgIpc) is 1.84. The number of hydrogen-bond donors (Lipinski definition) is 1. The molecular formula is C5H8FNO. The van der Waals surface area contributed by atoms with Crippen molar-refractivity contribution in [3.05, 3.63) is 11.9 Å². The summed E-state index contributed by atoms with van der Waals surface area (Å²) >= 11 is 0. The van der Waals surface area contributed by atoms with Crippen molar-refractivity contribution in [2.24, 2.45) is 0 Å². The minimum Gasteiger partial charge on any atom is -0.353 e. The second kappa shape index (κ2) is 3.18. The number of likely N-dealkylation sites (N-methyl/N-ethyl adjacent to an activating group) is 1. The number of nitrogens with one attached hydrogen (secondary N) is 1. The molecule has 46 valence electrons. The van der Waals surface area contributed by atoms with Crippen molar-refractivity contribution in [3.63, 3.8) is 0 Å². The highest BCUT2D eigenvalue weighted by molar-refractivity contribution is 5.90. The van der Waals surface area contributed by atoms with Gasteiger partial charge < -0.3 is 5.32 Å². The Morgan fingerprint density at radius 3 is 2.38 bits per heavy atom. The van der Waals surface area contributed by atoms with Gasteiger partial charge in [0.1, 0.15) is 0 Å². The second-order valence-electron chi connectivity index (χ2n) is 1.22. The molecule has 3 heteroatoms. The molecule has 0 bridgehead atoms. The average molecular weight is 117 g/mol. The molecular weight excluding hydrogens is 109 g/mol. The lowest BCUT2D eigenvalue weighted by Gasteiger charge is -1.90. The van der Waals surface area contributed by atoms with Gasteiger partial charge in [-0.2, -0.15) is 0 Å². The minimum absolute atomic E-state index is 0.674. The first kappa shape index (κ1) is 7.14. The van der Waals surface area contributed by atoms with Gasteiger partial charge in [0, 0.05) is 7.05 Å². The Bertz CT molecular complexity index is 120. The molecule has 1 N–H and O–H groups in total. The first-order valence-corrected chi connectivity index (χ1v) is 2.26. The minimum atomic E-state index is -0.743. The number of carbonyl (C=O) groups is 1. The van der Waals surface area contributed by atoms with Gasteiger partial charge in [-0.3, -0.25) is 4.79 Å². The van der Waals surface area contributed by atoms with Gasteiger partial charge >= 0.3 is 0 Å². The fraction of sp³-hybridized carbons (Fsp3) is 0.400. The van der Waals surface area contributed by atoms with E-state index >= 15 is 0 Å². The molecule has 0 atom stereocenters. The Balaban J connectivity index is 3.83. The standard InChI is InChI=1S/C5H8FNO/c1-3-4(6)5(8)7-2/h3H,1-2H3,(H,7,8). The lowest BCUT2D eigenvalue weighted by Crippen LogP contribution is -2.17. The van der Waals surface area contributed by atoms with E-state index in [9.17, 15) is 9.18 Å². The molecule has 8 heavy (non-hydrogen) atoms. The number of hydrogen-bond acceptors (Lipinski definition) is 1. The summed E-state index contributed by atoms with van der Waals surface area (Å²) in [5.41, 5.74) is 0.